The Morgan fingerprint density at radius 1 is 1.23 bits per heavy atom. The summed E-state index contributed by atoms with van der Waals surface area (Å²) in [5.41, 5.74) is 0.479. The zero-order valence-corrected chi connectivity index (χ0v) is 13.3. The third kappa shape index (κ3) is 4.00. The van der Waals surface area contributed by atoms with Gasteiger partial charge < -0.3 is 14.7 Å². The van der Waals surface area contributed by atoms with Gasteiger partial charge in [0.1, 0.15) is 5.60 Å². The Kier molecular flexibility index (Phi) is 4.74. The number of carbonyl (C=O) groups excluding carboxylic acids is 1. The van der Waals surface area contributed by atoms with Crippen LogP contribution >= 0.6 is 0 Å². The Hall–Kier alpha value is -2.04. The second kappa shape index (κ2) is 6.38. The Labute approximate surface area is 130 Å². The van der Waals surface area contributed by atoms with E-state index in [0.29, 0.717) is 13.0 Å². The van der Waals surface area contributed by atoms with Crippen LogP contribution in [0.25, 0.3) is 0 Å². The summed E-state index contributed by atoms with van der Waals surface area (Å²) in [4.78, 5) is 25.0. The van der Waals surface area contributed by atoms with Gasteiger partial charge in [-0.2, -0.15) is 0 Å². The fourth-order valence-electron chi connectivity index (χ4n) is 2.84. The molecule has 2 unspecified atom stereocenters. The summed E-state index contributed by atoms with van der Waals surface area (Å²) in [5.74, 6) is -0.801. The van der Waals surface area contributed by atoms with E-state index in [1.807, 2.05) is 51.1 Å². The van der Waals surface area contributed by atoms with E-state index in [0.717, 1.165) is 5.56 Å². The maximum atomic E-state index is 12.5. The van der Waals surface area contributed by atoms with Crippen LogP contribution in [0.2, 0.25) is 0 Å². The molecule has 5 nitrogen and oxygen atoms in total. The number of carboxylic acid groups (broad SMARTS) is 1. The van der Waals surface area contributed by atoms with Crippen molar-refractivity contribution in [2.45, 2.75) is 38.7 Å². The number of benzene rings is 1. The van der Waals surface area contributed by atoms with Crippen LogP contribution in [0.15, 0.2) is 30.3 Å². The van der Waals surface area contributed by atoms with Crippen molar-refractivity contribution in [3.63, 3.8) is 0 Å². The lowest BCUT2D eigenvalue weighted by molar-refractivity contribution is -0.162. The molecule has 1 aliphatic rings. The highest BCUT2D eigenvalue weighted by atomic mass is 16.6. The number of piperidine rings is 1. The van der Waals surface area contributed by atoms with Crippen LogP contribution in [0.1, 0.15) is 38.7 Å². The number of hydrogen-bond acceptors (Lipinski definition) is 3. The van der Waals surface area contributed by atoms with Gasteiger partial charge in [0.05, 0.1) is 5.92 Å². The maximum absolute atomic E-state index is 12.5. The molecule has 1 fully saturated rings. The molecule has 2 atom stereocenters. The molecule has 5 heteroatoms. The summed E-state index contributed by atoms with van der Waals surface area (Å²) in [6, 6.07) is 9.77. The average Bonchev–Trinajstić information content (AvgIpc) is 2.45. The van der Waals surface area contributed by atoms with Crippen LogP contribution in [0, 0.1) is 5.92 Å². The number of nitrogens with zero attached hydrogens (tertiary/aromatic N) is 1. The summed E-state index contributed by atoms with van der Waals surface area (Å²) in [6.45, 7) is 6.08. The lowest BCUT2D eigenvalue weighted by Crippen LogP contribution is -2.46. The molecule has 22 heavy (non-hydrogen) atoms. The van der Waals surface area contributed by atoms with E-state index in [-0.39, 0.29) is 18.4 Å². The molecular weight excluding hydrogens is 282 g/mol. The van der Waals surface area contributed by atoms with Gasteiger partial charge in [0, 0.05) is 19.0 Å². The first-order chi connectivity index (χ1) is 10.3. The second-order valence-corrected chi connectivity index (χ2v) is 6.67. The molecule has 0 bridgehead atoms. The number of hydrogen-bond donors (Lipinski definition) is 1. The van der Waals surface area contributed by atoms with Gasteiger partial charge in [0.2, 0.25) is 0 Å². The molecule has 1 aromatic rings. The fraction of sp³-hybridized carbons (Fsp3) is 0.529. The van der Waals surface area contributed by atoms with Gasteiger partial charge in [-0.1, -0.05) is 30.3 Å². The van der Waals surface area contributed by atoms with Crippen molar-refractivity contribution >= 4 is 12.1 Å². The maximum Gasteiger partial charge on any atom is 0.407 e. The van der Waals surface area contributed by atoms with Crippen molar-refractivity contribution in [3.05, 3.63) is 35.9 Å². The fourth-order valence-corrected chi connectivity index (χ4v) is 2.84. The summed E-state index contributed by atoms with van der Waals surface area (Å²) in [6.07, 6.45) is -0.361. The summed E-state index contributed by atoms with van der Waals surface area (Å²) in [7, 11) is 0. The third-order valence-electron chi connectivity index (χ3n) is 3.82. The highest BCUT2D eigenvalue weighted by molar-refractivity contribution is 5.76. The summed E-state index contributed by atoms with van der Waals surface area (Å²) in [5, 5.41) is 9.20. The Morgan fingerprint density at radius 2 is 1.86 bits per heavy atom. The van der Waals surface area contributed by atoms with Gasteiger partial charge in [-0.05, 0) is 32.8 Å². The Balaban J connectivity index is 2.24. The molecule has 1 saturated heterocycles. The van der Waals surface area contributed by atoms with Crippen molar-refractivity contribution in [3.8, 4) is 0 Å². The predicted molar refractivity (Wildman–Crippen MR) is 82.7 cm³/mol. The van der Waals surface area contributed by atoms with Crippen molar-refractivity contribution in [1.82, 2.24) is 4.90 Å². The molecule has 1 aliphatic heterocycles. The molecule has 1 aromatic carbocycles. The predicted octanol–water partition coefficient (Wildman–Crippen LogP) is 3.11. The molecule has 1 heterocycles. The van der Waals surface area contributed by atoms with Gasteiger partial charge in [0.15, 0.2) is 0 Å². The van der Waals surface area contributed by atoms with Crippen LogP contribution in [0.3, 0.4) is 0 Å². The highest BCUT2D eigenvalue weighted by Crippen LogP contribution is 2.34. The number of esters is 1. The van der Waals surface area contributed by atoms with E-state index in [1.165, 1.54) is 4.90 Å². The molecule has 2 rings (SSSR count). The average molecular weight is 305 g/mol. The number of carbonyl (C=O) groups is 2. The van der Waals surface area contributed by atoms with E-state index >= 15 is 0 Å². The summed E-state index contributed by atoms with van der Waals surface area (Å²) >= 11 is 0. The number of likely N-dealkylation sites (tertiary alicyclic amines) is 1. The topological polar surface area (TPSA) is 66.8 Å². The minimum Gasteiger partial charge on any atom is -0.465 e. The molecule has 1 amide bonds. The molecule has 1 N–H and O–H groups in total. The van der Waals surface area contributed by atoms with E-state index < -0.39 is 17.6 Å². The molecule has 0 aromatic heterocycles. The molecule has 0 saturated carbocycles. The summed E-state index contributed by atoms with van der Waals surface area (Å²) < 4.78 is 5.50. The molecule has 0 aliphatic carbocycles. The highest BCUT2D eigenvalue weighted by Gasteiger charge is 2.39. The van der Waals surface area contributed by atoms with Crippen LogP contribution in [-0.4, -0.2) is 40.8 Å². The number of rotatable bonds is 2. The largest absolute Gasteiger partial charge is 0.465 e. The smallest absolute Gasteiger partial charge is 0.407 e. The molecule has 0 spiro atoms. The van der Waals surface area contributed by atoms with Crippen molar-refractivity contribution in [1.29, 1.82) is 0 Å². The van der Waals surface area contributed by atoms with Gasteiger partial charge >= 0.3 is 12.1 Å². The van der Waals surface area contributed by atoms with Crippen molar-refractivity contribution in [2.75, 3.05) is 13.1 Å². The van der Waals surface area contributed by atoms with Gasteiger partial charge in [-0.15, -0.1) is 0 Å². The zero-order valence-electron chi connectivity index (χ0n) is 13.3. The van der Waals surface area contributed by atoms with E-state index in [4.69, 9.17) is 4.74 Å². The number of ether oxygens (including phenoxy) is 1. The number of amides is 1. The lowest BCUT2D eigenvalue weighted by Gasteiger charge is -2.37. The Morgan fingerprint density at radius 3 is 2.41 bits per heavy atom. The molecule has 120 valence electrons. The van der Waals surface area contributed by atoms with Gasteiger partial charge in [-0.25, -0.2) is 4.79 Å². The first-order valence-corrected chi connectivity index (χ1v) is 7.53. The molecule has 0 radical (unpaired) electrons. The SMILES string of the molecule is CC(C)(C)OC(=O)C1CN(C(=O)O)CCC1c1ccccc1. The van der Waals surface area contributed by atoms with Crippen LogP contribution < -0.4 is 0 Å². The normalized spacial score (nSPS) is 22.2. The van der Waals surface area contributed by atoms with Crippen LogP contribution in [0.4, 0.5) is 4.79 Å². The monoisotopic (exact) mass is 305 g/mol. The molecular formula is C17H23NO4. The zero-order chi connectivity index (χ0) is 16.3. The minimum atomic E-state index is -0.986. The van der Waals surface area contributed by atoms with Crippen LogP contribution in [0.5, 0.6) is 0 Å². The third-order valence-corrected chi connectivity index (χ3v) is 3.82. The first-order valence-electron chi connectivity index (χ1n) is 7.53. The quantitative estimate of drug-likeness (QED) is 0.853. The van der Waals surface area contributed by atoms with Crippen molar-refractivity contribution in [2.24, 2.45) is 5.92 Å². The minimum absolute atomic E-state index is 0.00773. The lowest BCUT2D eigenvalue weighted by atomic mass is 9.80. The van der Waals surface area contributed by atoms with E-state index in [9.17, 15) is 14.7 Å². The second-order valence-electron chi connectivity index (χ2n) is 6.67. The first kappa shape index (κ1) is 16.3. The Bertz CT molecular complexity index is 535. The van der Waals surface area contributed by atoms with E-state index in [2.05, 4.69) is 0 Å². The van der Waals surface area contributed by atoms with Gasteiger partial charge in [-0.3, -0.25) is 4.79 Å². The van der Waals surface area contributed by atoms with Gasteiger partial charge in [0.25, 0.3) is 0 Å². The standard InChI is InChI=1S/C17H23NO4/c1-17(2,3)22-15(19)14-11-18(16(20)21)10-9-13(14)12-7-5-4-6-8-12/h4-8,13-14H,9-11H2,1-3H3,(H,20,21). The van der Waals surface area contributed by atoms with Crippen LogP contribution in [-0.2, 0) is 9.53 Å². The van der Waals surface area contributed by atoms with E-state index in [1.54, 1.807) is 0 Å². The van der Waals surface area contributed by atoms with Crippen molar-refractivity contribution < 1.29 is 19.4 Å².